The van der Waals surface area contributed by atoms with E-state index in [1.165, 1.54) is 10.2 Å². The van der Waals surface area contributed by atoms with Crippen molar-refractivity contribution in [1.82, 2.24) is 15.1 Å². The highest BCUT2D eigenvalue weighted by molar-refractivity contribution is 5.59. The highest BCUT2D eigenvalue weighted by Crippen LogP contribution is 2.17. The number of nitrogens with zero attached hydrogens (tertiary/aromatic N) is 2. The predicted octanol–water partition coefficient (Wildman–Crippen LogP) is 2.12. The highest BCUT2D eigenvalue weighted by Gasteiger charge is 2.07. The molecule has 0 saturated carbocycles. The molecule has 0 spiro atoms. The monoisotopic (exact) mass is 271 g/mol. The minimum atomic E-state index is -0.0418. The molecule has 2 rings (SSSR count). The normalized spacial score (nSPS) is 10.8. The van der Waals surface area contributed by atoms with E-state index in [0.717, 1.165) is 29.8 Å². The minimum Gasteiger partial charge on any atom is -0.313 e. The topological polar surface area (TPSA) is 46.9 Å². The van der Waals surface area contributed by atoms with Gasteiger partial charge in [-0.3, -0.25) is 4.79 Å². The number of hydrogen-bond donors (Lipinski definition) is 1. The fourth-order valence-corrected chi connectivity index (χ4v) is 2.11. The van der Waals surface area contributed by atoms with Crippen LogP contribution >= 0.6 is 0 Å². The third kappa shape index (κ3) is 3.14. The number of rotatable bonds is 5. The molecule has 0 aliphatic rings. The van der Waals surface area contributed by atoms with E-state index in [0.29, 0.717) is 6.54 Å². The molecular formula is C16H21N3O. The molecule has 4 nitrogen and oxygen atoms in total. The first-order valence-corrected chi connectivity index (χ1v) is 7.03. The van der Waals surface area contributed by atoms with Crippen LogP contribution in [0.4, 0.5) is 0 Å². The highest BCUT2D eigenvalue weighted by atomic mass is 16.1. The van der Waals surface area contributed by atoms with Crippen molar-refractivity contribution in [3.63, 3.8) is 0 Å². The molecule has 0 aliphatic carbocycles. The maximum atomic E-state index is 12.0. The van der Waals surface area contributed by atoms with Crippen molar-refractivity contribution in [1.29, 1.82) is 0 Å². The van der Waals surface area contributed by atoms with E-state index in [1.54, 1.807) is 7.05 Å². The summed E-state index contributed by atoms with van der Waals surface area (Å²) < 4.78 is 1.41. The molecule has 1 aromatic carbocycles. The Balaban J connectivity index is 2.40. The molecule has 2 aromatic rings. The average molecular weight is 271 g/mol. The second-order valence-corrected chi connectivity index (χ2v) is 4.81. The lowest BCUT2D eigenvalue weighted by Crippen LogP contribution is -2.27. The van der Waals surface area contributed by atoms with Crippen molar-refractivity contribution in [2.24, 2.45) is 7.05 Å². The molecule has 1 N–H and O–H groups in total. The van der Waals surface area contributed by atoms with Crippen molar-refractivity contribution in [2.75, 3.05) is 6.54 Å². The lowest BCUT2D eigenvalue weighted by Gasteiger charge is -2.08. The summed E-state index contributed by atoms with van der Waals surface area (Å²) in [5.41, 5.74) is 3.88. The molecule has 0 aliphatic heterocycles. The van der Waals surface area contributed by atoms with Gasteiger partial charge in [-0.1, -0.05) is 38.1 Å². The summed E-state index contributed by atoms with van der Waals surface area (Å²) in [5, 5.41) is 7.53. The van der Waals surface area contributed by atoms with E-state index >= 15 is 0 Å². The Morgan fingerprint density at radius 2 is 1.90 bits per heavy atom. The maximum Gasteiger partial charge on any atom is 0.271 e. The van der Waals surface area contributed by atoms with E-state index in [9.17, 15) is 4.79 Å². The van der Waals surface area contributed by atoms with Crippen LogP contribution in [-0.4, -0.2) is 16.3 Å². The van der Waals surface area contributed by atoms with Gasteiger partial charge in [0.05, 0.1) is 5.69 Å². The van der Waals surface area contributed by atoms with E-state index in [4.69, 9.17) is 0 Å². The van der Waals surface area contributed by atoms with Gasteiger partial charge in [-0.25, -0.2) is 4.68 Å². The molecule has 0 bridgehead atoms. The smallest absolute Gasteiger partial charge is 0.271 e. The van der Waals surface area contributed by atoms with Crippen LogP contribution in [0.5, 0.6) is 0 Å². The summed E-state index contributed by atoms with van der Waals surface area (Å²) >= 11 is 0. The van der Waals surface area contributed by atoms with Gasteiger partial charge in [0.15, 0.2) is 0 Å². The molecule has 1 aromatic heterocycles. The Morgan fingerprint density at radius 1 is 1.20 bits per heavy atom. The van der Waals surface area contributed by atoms with Crippen molar-refractivity contribution < 1.29 is 0 Å². The number of benzene rings is 1. The van der Waals surface area contributed by atoms with E-state index in [1.807, 2.05) is 13.0 Å². The molecule has 0 unspecified atom stereocenters. The third-order valence-corrected chi connectivity index (χ3v) is 3.36. The SMILES string of the molecule is CCNCc1cc(-c2ccc(CC)cc2)nn(C)c1=O. The van der Waals surface area contributed by atoms with Crippen LogP contribution in [0.3, 0.4) is 0 Å². The number of aryl methyl sites for hydroxylation is 2. The van der Waals surface area contributed by atoms with Crippen LogP contribution in [0.2, 0.25) is 0 Å². The molecule has 0 saturated heterocycles. The van der Waals surface area contributed by atoms with Gasteiger partial charge in [0.2, 0.25) is 0 Å². The Kier molecular flexibility index (Phi) is 4.69. The molecule has 4 heteroatoms. The van der Waals surface area contributed by atoms with Gasteiger partial charge >= 0.3 is 0 Å². The summed E-state index contributed by atoms with van der Waals surface area (Å²) in [6, 6.07) is 10.2. The molecule has 1 heterocycles. The van der Waals surface area contributed by atoms with Crippen molar-refractivity contribution >= 4 is 0 Å². The van der Waals surface area contributed by atoms with Gasteiger partial charge < -0.3 is 5.32 Å². The molecule has 0 radical (unpaired) electrons. The van der Waals surface area contributed by atoms with Gasteiger partial charge in [0, 0.05) is 24.7 Å². The molecule has 106 valence electrons. The Morgan fingerprint density at radius 3 is 2.50 bits per heavy atom. The second kappa shape index (κ2) is 6.48. The minimum absolute atomic E-state index is 0.0418. The Bertz CT molecular complexity index is 629. The van der Waals surface area contributed by atoms with Gasteiger partial charge in [-0.05, 0) is 24.6 Å². The van der Waals surface area contributed by atoms with E-state index < -0.39 is 0 Å². The van der Waals surface area contributed by atoms with Gasteiger partial charge in [0.1, 0.15) is 0 Å². The standard InChI is InChI=1S/C16H21N3O/c1-4-12-6-8-13(9-7-12)15-10-14(11-17-5-2)16(20)19(3)18-15/h6-10,17H,4-5,11H2,1-3H3. The number of nitrogens with one attached hydrogen (secondary N) is 1. The van der Waals surface area contributed by atoms with Crippen LogP contribution < -0.4 is 10.9 Å². The first kappa shape index (κ1) is 14.5. The van der Waals surface area contributed by atoms with E-state index in [-0.39, 0.29) is 5.56 Å². The van der Waals surface area contributed by atoms with Crippen LogP contribution in [0.1, 0.15) is 25.0 Å². The van der Waals surface area contributed by atoms with Crippen LogP contribution in [0.25, 0.3) is 11.3 Å². The lowest BCUT2D eigenvalue weighted by molar-refractivity contribution is 0.665. The van der Waals surface area contributed by atoms with Gasteiger partial charge in [-0.2, -0.15) is 5.10 Å². The molecule has 0 fully saturated rings. The first-order valence-electron chi connectivity index (χ1n) is 7.03. The van der Waals surface area contributed by atoms with E-state index in [2.05, 4.69) is 41.6 Å². The fraction of sp³-hybridized carbons (Fsp3) is 0.375. The zero-order valence-corrected chi connectivity index (χ0v) is 12.3. The van der Waals surface area contributed by atoms with Crippen molar-refractivity contribution in [2.45, 2.75) is 26.8 Å². The quantitative estimate of drug-likeness (QED) is 0.906. The van der Waals surface area contributed by atoms with Gasteiger partial charge in [0.25, 0.3) is 5.56 Å². The summed E-state index contributed by atoms with van der Waals surface area (Å²) in [4.78, 5) is 12.0. The zero-order chi connectivity index (χ0) is 14.5. The summed E-state index contributed by atoms with van der Waals surface area (Å²) in [7, 11) is 1.70. The maximum absolute atomic E-state index is 12.0. The summed E-state index contributed by atoms with van der Waals surface area (Å²) in [6.45, 7) is 5.57. The largest absolute Gasteiger partial charge is 0.313 e. The van der Waals surface area contributed by atoms with Crippen molar-refractivity contribution in [3.05, 3.63) is 51.8 Å². The number of hydrogen-bond acceptors (Lipinski definition) is 3. The molecule has 0 atom stereocenters. The lowest BCUT2D eigenvalue weighted by atomic mass is 10.1. The van der Waals surface area contributed by atoms with Gasteiger partial charge in [-0.15, -0.1) is 0 Å². The first-order chi connectivity index (χ1) is 9.65. The van der Waals surface area contributed by atoms with Crippen molar-refractivity contribution in [3.8, 4) is 11.3 Å². The van der Waals surface area contributed by atoms with Crippen LogP contribution in [0.15, 0.2) is 35.1 Å². The van der Waals surface area contributed by atoms with Crippen LogP contribution in [0, 0.1) is 0 Å². The Labute approximate surface area is 119 Å². The van der Waals surface area contributed by atoms with Crippen LogP contribution in [-0.2, 0) is 20.0 Å². The molecular weight excluding hydrogens is 250 g/mol. The molecule has 0 amide bonds. The molecule has 20 heavy (non-hydrogen) atoms. The zero-order valence-electron chi connectivity index (χ0n) is 12.3. The number of aromatic nitrogens is 2. The summed E-state index contributed by atoms with van der Waals surface area (Å²) in [6.07, 6.45) is 1.02. The summed E-state index contributed by atoms with van der Waals surface area (Å²) in [5.74, 6) is 0. The Hall–Kier alpha value is -1.94. The third-order valence-electron chi connectivity index (χ3n) is 3.36. The second-order valence-electron chi connectivity index (χ2n) is 4.81. The average Bonchev–Trinajstić information content (AvgIpc) is 2.48. The predicted molar refractivity (Wildman–Crippen MR) is 81.7 cm³/mol. The fourth-order valence-electron chi connectivity index (χ4n) is 2.11.